The van der Waals surface area contributed by atoms with Gasteiger partial charge in [0.25, 0.3) is 0 Å². The molecule has 0 spiro atoms. The van der Waals surface area contributed by atoms with E-state index in [9.17, 15) is 18.0 Å². The van der Waals surface area contributed by atoms with E-state index >= 15 is 0 Å². The Labute approximate surface area is 209 Å². The van der Waals surface area contributed by atoms with E-state index in [1.165, 1.54) is 37.4 Å². The molecule has 1 aromatic heterocycles. The molecule has 0 aliphatic rings. The minimum absolute atomic E-state index is 0. The number of esters is 1. The normalized spacial score (nSPS) is 10.4. The smallest absolute Gasteiger partial charge is 0.481 e. The van der Waals surface area contributed by atoms with Gasteiger partial charge in [0.2, 0.25) is 5.88 Å². The predicted molar refractivity (Wildman–Crippen MR) is 110 cm³/mol. The molecule has 0 bridgehead atoms. The fraction of sp³-hybridized carbons (Fsp3) is 0.250. The van der Waals surface area contributed by atoms with Crippen LogP contribution >= 0.6 is 22.6 Å². The van der Waals surface area contributed by atoms with E-state index in [2.05, 4.69) is 20.0 Å². The summed E-state index contributed by atoms with van der Waals surface area (Å²) in [7, 11) is -3.37. The van der Waals surface area contributed by atoms with Crippen molar-refractivity contribution in [1.82, 2.24) is 9.97 Å². The summed E-state index contributed by atoms with van der Waals surface area (Å²) in [6, 6.07) is 5.74. The van der Waals surface area contributed by atoms with E-state index in [-0.39, 0.29) is 59.3 Å². The van der Waals surface area contributed by atoms with Gasteiger partial charge in [0.1, 0.15) is 15.2 Å². The number of carbonyl (C=O) groups is 2. The van der Waals surface area contributed by atoms with Crippen molar-refractivity contribution in [2.24, 2.45) is 0 Å². The summed E-state index contributed by atoms with van der Waals surface area (Å²) in [5.74, 6) is -1.13. The number of methoxy groups -OCH3 is 1. The second-order valence-corrected chi connectivity index (χ2v) is 7.53. The van der Waals surface area contributed by atoms with Crippen molar-refractivity contribution in [3.63, 3.8) is 0 Å². The van der Waals surface area contributed by atoms with E-state index in [0.29, 0.717) is 10.1 Å². The maximum atomic E-state index is 12.1. The van der Waals surface area contributed by atoms with Crippen LogP contribution < -0.4 is 43.8 Å². The van der Waals surface area contributed by atoms with Gasteiger partial charge in [0, 0.05) is 6.07 Å². The molecule has 1 N–H and O–H groups in total. The summed E-state index contributed by atoms with van der Waals surface area (Å²) in [5.41, 5.74) is -0.120. The second-order valence-electron chi connectivity index (χ2n) is 5.22. The van der Waals surface area contributed by atoms with E-state index in [4.69, 9.17) is 13.7 Å². The number of benzene rings is 1. The van der Waals surface area contributed by atoms with Gasteiger partial charge in [0.15, 0.2) is 11.8 Å². The molecule has 0 saturated heterocycles. The van der Waals surface area contributed by atoms with Crippen molar-refractivity contribution >= 4 is 50.8 Å². The van der Waals surface area contributed by atoms with Gasteiger partial charge in [-0.3, -0.25) is 9.52 Å². The zero-order valence-corrected chi connectivity index (χ0v) is 21.3. The number of aromatic nitrogens is 2. The Kier molecular flexibility index (Phi) is 10.8. The van der Waals surface area contributed by atoms with Crippen LogP contribution in [0.25, 0.3) is 4.72 Å². The van der Waals surface area contributed by atoms with Gasteiger partial charge in [-0.15, -0.1) is 0 Å². The third kappa shape index (κ3) is 8.22. The predicted octanol–water partition coefficient (Wildman–Crippen LogP) is -0.110. The molecule has 156 valence electrons. The van der Waals surface area contributed by atoms with Crippen molar-refractivity contribution < 1.29 is 61.2 Å². The van der Waals surface area contributed by atoms with Crippen LogP contribution in [0.5, 0.6) is 11.6 Å². The van der Waals surface area contributed by atoms with Crippen molar-refractivity contribution in [3.8, 4) is 11.6 Å². The van der Waals surface area contributed by atoms with E-state index in [1.807, 2.05) is 29.5 Å². The van der Waals surface area contributed by atoms with Crippen LogP contribution in [0.1, 0.15) is 23.7 Å². The first-order valence-corrected chi connectivity index (χ1v) is 10.5. The topological polar surface area (TPSA) is 148 Å². The average Bonchev–Trinajstić information content (AvgIpc) is 2.65. The molecule has 0 saturated carbocycles. The van der Waals surface area contributed by atoms with Crippen LogP contribution in [0.3, 0.4) is 0 Å². The van der Waals surface area contributed by atoms with Gasteiger partial charge in [-0.2, -0.15) is 13.4 Å². The Morgan fingerprint density at radius 2 is 1.93 bits per heavy atom. The van der Waals surface area contributed by atoms with Gasteiger partial charge >= 0.3 is 45.8 Å². The number of hydrogen-bond donors (Lipinski definition) is 1. The number of para-hydroxylation sites is 1. The van der Waals surface area contributed by atoms with Crippen molar-refractivity contribution in [2.75, 3.05) is 19.0 Å². The Bertz CT molecular complexity index is 1010. The summed E-state index contributed by atoms with van der Waals surface area (Å²) < 4.78 is 42.3. The molecule has 14 heteroatoms. The molecular weight excluding hydrogens is 542 g/mol. The van der Waals surface area contributed by atoms with Gasteiger partial charge in [0.05, 0.1) is 13.7 Å². The summed E-state index contributed by atoms with van der Waals surface area (Å²) in [6.07, 6.45) is 0.591. The molecule has 0 radical (unpaired) electrons. The van der Waals surface area contributed by atoms with Crippen LogP contribution in [0.15, 0.2) is 30.3 Å². The molecule has 2 aromatic rings. The Morgan fingerprint density at radius 1 is 1.23 bits per heavy atom. The number of halogens is 1. The molecule has 11 nitrogen and oxygen atoms in total. The van der Waals surface area contributed by atoms with Crippen LogP contribution in [0.4, 0.5) is 10.7 Å². The molecule has 0 aliphatic heterocycles. The summed E-state index contributed by atoms with van der Waals surface area (Å²) >= 11 is 1.86. The molecule has 2 amide bonds. The first kappa shape index (κ1) is 26.4. The minimum Gasteiger partial charge on any atom is -0.481 e. The molecule has 1 heterocycles. The fourth-order valence-corrected chi connectivity index (χ4v) is 3.04. The number of carbonyl (C=O) groups excluding carboxylic acids is 2. The van der Waals surface area contributed by atoms with Gasteiger partial charge in [-0.05, 0) is 41.1 Å². The molecule has 2 rings (SSSR count). The van der Waals surface area contributed by atoms with E-state index in [1.54, 1.807) is 0 Å². The molecule has 0 fully saturated rings. The van der Waals surface area contributed by atoms with Crippen LogP contribution in [-0.2, 0) is 15.0 Å². The van der Waals surface area contributed by atoms with E-state index < -0.39 is 22.3 Å². The molecule has 0 atom stereocenters. The number of hydrogen-bond acceptors (Lipinski definition) is 9. The summed E-state index contributed by atoms with van der Waals surface area (Å²) in [6.45, 7) is 1.97. The number of nitrogens with one attached hydrogen (secondary N) is 1. The van der Waals surface area contributed by atoms with Crippen LogP contribution in [-0.4, -0.2) is 44.1 Å². The van der Waals surface area contributed by atoms with Crippen molar-refractivity contribution in [3.05, 3.63) is 44.3 Å². The average molecular weight is 558 g/mol. The number of rotatable bonds is 8. The molecular formula is C16H16IN4NaO7S. The number of amides is 2. The number of nitrogens with zero attached hydrogens (tertiary/aromatic N) is 3. The number of anilines is 1. The zero-order valence-electron chi connectivity index (χ0n) is 16.3. The largest absolute Gasteiger partial charge is 1.00 e. The van der Waals surface area contributed by atoms with Crippen LogP contribution in [0, 0.1) is 3.70 Å². The van der Waals surface area contributed by atoms with Gasteiger partial charge in [-0.1, -0.05) is 19.1 Å². The van der Waals surface area contributed by atoms with Crippen LogP contribution in [0.2, 0.25) is 0 Å². The number of ether oxygens (including phenoxy) is 2. The van der Waals surface area contributed by atoms with Crippen molar-refractivity contribution in [2.45, 2.75) is 13.3 Å². The summed E-state index contributed by atoms with van der Waals surface area (Å²) in [4.78, 5) is 31.7. The van der Waals surface area contributed by atoms with Gasteiger partial charge < -0.3 is 19.0 Å². The molecule has 1 aromatic carbocycles. The van der Waals surface area contributed by atoms with Crippen molar-refractivity contribution in [1.29, 1.82) is 0 Å². The summed E-state index contributed by atoms with van der Waals surface area (Å²) in [5, 5.41) is 2.10. The van der Waals surface area contributed by atoms with E-state index in [0.717, 1.165) is 0 Å². The maximum Gasteiger partial charge on any atom is 1.00 e. The third-order valence-corrected chi connectivity index (χ3v) is 4.37. The molecule has 0 aliphatic carbocycles. The standard InChI is InChI=1S/C16H17IN4O7S.Na/c1-3-8-27-14(22)10-6-4-5-7-11(10)28-29(24,25)21-16(23)20-15-18-12(17)9-13(19-15)26-2;/h4-7,9H,3,8H2,1-2H3,(H2,18,19,20,21,23);/q;+1/p-1. The molecule has 30 heavy (non-hydrogen) atoms. The quantitative estimate of drug-likeness (QED) is 0.203. The van der Waals surface area contributed by atoms with Gasteiger partial charge in [-0.25, -0.2) is 9.78 Å². The third-order valence-electron chi connectivity index (χ3n) is 3.03. The minimum atomic E-state index is -4.74. The SMILES string of the molecule is CCCOC(=O)c1ccccc1OS(=O)(=O)[N-]C(=O)Nc1nc(I)cc(OC)n1.[Na+]. The monoisotopic (exact) mass is 558 g/mol. The maximum absolute atomic E-state index is 12.1. The zero-order chi connectivity index (χ0) is 21.4. The second kappa shape index (κ2) is 12.2. The number of urea groups is 1. The Morgan fingerprint density at radius 3 is 2.60 bits per heavy atom. The first-order chi connectivity index (χ1) is 13.7. The molecule has 0 unspecified atom stereocenters. The fourth-order valence-electron chi connectivity index (χ4n) is 1.89. The first-order valence-electron chi connectivity index (χ1n) is 8.07. The Balaban J connectivity index is 0.00000450. The Hall–Kier alpha value is -1.68.